The van der Waals surface area contributed by atoms with Crippen LogP contribution >= 0.6 is 0 Å². The molecular weight excluding hydrogens is 418 g/mol. The van der Waals surface area contributed by atoms with Crippen LogP contribution in [0.3, 0.4) is 0 Å². The highest BCUT2D eigenvalue weighted by atomic mass is 16.7. The number of aliphatic hydroxyl groups is 1. The summed E-state index contributed by atoms with van der Waals surface area (Å²) in [5.74, 6) is -4.08. The summed E-state index contributed by atoms with van der Waals surface area (Å²) in [6.45, 7) is 3.30. The standard InChI is InChI=1S/C17H23N5O9/c1-7(23)28-5-10-11(29-8(2)24)12(30-9(3)25)15(31-10)22-6-19-13-14(22)20-16(18)21-17(13,26)27-4/h6,10-12,15,26H,5H2,1-4H3,(H3,18,20,21)/t10-,11-,12-,15-,17?/m1/s1. The van der Waals surface area contributed by atoms with Crippen molar-refractivity contribution in [2.45, 2.75) is 51.2 Å². The molecule has 0 amide bonds. The van der Waals surface area contributed by atoms with Crippen molar-refractivity contribution in [1.29, 1.82) is 0 Å². The fourth-order valence-corrected chi connectivity index (χ4v) is 3.34. The molecule has 3 heterocycles. The number of anilines is 1. The van der Waals surface area contributed by atoms with E-state index in [-0.39, 0.29) is 24.1 Å². The average Bonchev–Trinajstić information content (AvgIpc) is 3.21. The third-order valence-electron chi connectivity index (χ3n) is 4.52. The Morgan fingerprint density at radius 2 is 1.87 bits per heavy atom. The highest BCUT2D eigenvalue weighted by Gasteiger charge is 2.52. The molecule has 1 fully saturated rings. The maximum absolute atomic E-state index is 11.8. The summed E-state index contributed by atoms with van der Waals surface area (Å²) in [6.07, 6.45) is -3.02. The topological polar surface area (TPSA) is 186 Å². The van der Waals surface area contributed by atoms with Gasteiger partial charge in [0.15, 0.2) is 30.1 Å². The van der Waals surface area contributed by atoms with Gasteiger partial charge in [-0.25, -0.2) is 4.98 Å². The van der Waals surface area contributed by atoms with Crippen LogP contribution in [0.1, 0.15) is 32.7 Å². The predicted molar refractivity (Wildman–Crippen MR) is 100 cm³/mol. The van der Waals surface area contributed by atoms with Crippen LogP contribution < -0.4 is 11.1 Å². The van der Waals surface area contributed by atoms with Gasteiger partial charge < -0.3 is 39.8 Å². The summed E-state index contributed by atoms with van der Waals surface area (Å²) < 4.78 is 28.0. The molecule has 5 atom stereocenters. The molecule has 0 aromatic carbocycles. The lowest BCUT2D eigenvalue weighted by atomic mass is 10.1. The van der Waals surface area contributed by atoms with Crippen LogP contribution in [-0.4, -0.2) is 70.6 Å². The predicted octanol–water partition coefficient (Wildman–Crippen LogP) is -1.30. The van der Waals surface area contributed by atoms with Crippen LogP contribution in [0.25, 0.3) is 0 Å². The molecule has 31 heavy (non-hydrogen) atoms. The average molecular weight is 441 g/mol. The SMILES string of the molecule is COC1(O)N=C(N)Nc2c1ncn2[C@@H]1O[C@H](COC(C)=O)[C@@H](OC(C)=O)[C@H]1OC(C)=O. The highest BCUT2D eigenvalue weighted by Crippen LogP contribution is 2.40. The van der Waals surface area contributed by atoms with Crippen molar-refractivity contribution in [3.63, 3.8) is 0 Å². The molecule has 1 aromatic heterocycles. The van der Waals surface area contributed by atoms with Gasteiger partial charge in [-0.3, -0.25) is 19.0 Å². The van der Waals surface area contributed by atoms with Gasteiger partial charge in [-0.2, -0.15) is 4.99 Å². The molecule has 1 aromatic rings. The van der Waals surface area contributed by atoms with E-state index in [1.165, 1.54) is 38.8 Å². The molecule has 1 saturated heterocycles. The number of aliphatic imine (C=N–C) groups is 1. The molecule has 170 valence electrons. The fraction of sp³-hybridized carbons (Fsp3) is 0.588. The molecule has 0 aliphatic carbocycles. The summed E-state index contributed by atoms with van der Waals surface area (Å²) >= 11 is 0. The number of methoxy groups -OCH3 is 1. The molecule has 14 nitrogen and oxygen atoms in total. The van der Waals surface area contributed by atoms with Crippen LogP contribution in [0.4, 0.5) is 5.82 Å². The van der Waals surface area contributed by atoms with Gasteiger partial charge in [0.1, 0.15) is 18.5 Å². The maximum atomic E-state index is 11.8. The number of nitrogens with zero attached hydrogens (tertiary/aromatic N) is 3. The molecular formula is C17H23N5O9. The monoisotopic (exact) mass is 441 g/mol. The van der Waals surface area contributed by atoms with Gasteiger partial charge in [0.05, 0.1) is 6.33 Å². The van der Waals surface area contributed by atoms with Crippen LogP contribution in [-0.2, 0) is 44.0 Å². The molecule has 14 heteroatoms. The van der Waals surface area contributed by atoms with Gasteiger partial charge in [0, 0.05) is 27.9 Å². The number of carbonyl (C=O) groups excluding carboxylic acids is 3. The largest absolute Gasteiger partial charge is 0.463 e. The Hall–Kier alpha value is -3.23. The lowest BCUT2D eigenvalue weighted by molar-refractivity contribution is -0.189. The van der Waals surface area contributed by atoms with Crippen molar-refractivity contribution in [3.8, 4) is 0 Å². The maximum Gasteiger partial charge on any atom is 0.319 e. The molecule has 0 spiro atoms. The molecule has 0 radical (unpaired) electrons. The fourth-order valence-electron chi connectivity index (χ4n) is 3.34. The number of hydrogen-bond donors (Lipinski definition) is 3. The van der Waals surface area contributed by atoms with E-state index in [0.29, 0.717) is 0 Å². The second-order valence-corrected chi connectivity index (χ2v) is 6.80. The lowest BCUT2D eigenvalue weighted by Crippen LogP contribution is -2.41. The third-order valence-corrected chi connectivity index (χ3v) is 4.52. The number of carbonyl (C=O) groups is 3. The summed E-state index contributed by atoms with van der Waals surface area (Å²) in [5.41, 5.74) is 5.72. The van der Waals surface area contributed by atoms with Gasteiger partial charge in [-0.1, -0.05) is 0 Å². The summed E-state index contributed by atoms with van der Waals surface area (Å²) in [7, 11) is 1.21. The zero-order valence-corrected chi connectivity index (χ0v) is 17.2. The number of imidazole rings is 1. The first-order chi connectivity index (χ1) is 14.6. The minimum absolute atomic E-state index is 0.0261. The Bertz CT molecular complexity index is 916. The lowest BCUT2D eigenvalue weighted by Gasteiger charge is -2.28. The molecule has 0 saturated carbocycles. The van der Waals surface area contributed by atoms with E-state index in [4.69, 9.17) is 29.4 Å². The number of hydrogen-bond acceptors (Lipinski definition) is 13. The highest BCUT2D eigenvalue weighted by molar-refractivity contribution is 5.94. The van der Waals surface area contributed by atoms with Gasteiger partial charge in [-0.05, 0) is 0 Å². The van der Waals surface area contributed by atoms with Crippen LogP contribution in [0.5, 0.6) is 0 Å². The van der Waals surface area contributed by atoms with Crippen LogP contribution in [0.15, 0.2) is 11.3 Å². The van der Waals surface area contributed by atoms with Crippen molar-refractivity contribution in [3.05, 3.63) is 12.0 Å². The second-order valence-electron chi connectivity index (χ2n) is 6.80. The van der Waals surface area contributed by atoms with Crippen LogP contribution in [0.2, 0.25) is 0 Å². The van der Waals surface area contributed by atoms with E-state index in [0.717, 1.165) is 0 Å². The van der Waals surface area contributed by atoms with E-state index < -0.39 is 48.4 Å². The first-order valence-corrected chi connectivity index (χ1v) is 9.16. The minimum atomic E-state index is -2.15. The third kappa shape index (κ3) is 4.45. The number of aromatic nitrogens is 2. The molecule has 4 N–H and O–H groups in total. The van der Waals surface area contributed by atoms with Crippen LogP contribution in [0, 0.1) is 0 Å². The van der Waals surface area contributed by atoms with Gasteiger partial charge in [0.2, 0.25) is 0 Å². The Morgan fingerprint density at radius 3 is 2.45 bits per heavy atom. The van der Waals surface area contributed by atoms with E-state index in [2.05, 4.69) is 15.3 Å². The Kier molecular flexibility index (Phi) is 6.15. The van der Waals surface area contributed by atoms with E-state index in [1.807, 2.05) is 0 Å². The number of rotatable bonds is 6. The molecule has 0 bridgehead atoms. The minimum Gasteiger partial charge on any atom is -0.463 e. The number of nitrogens with one attached hydrogen (secondary N) is 1. The normalized spacial score (nSPS) is 29.4. The van der Waals surface area contributed by atoms with Crippen molar-refractivity contribution in [1.82, 2.24) is 9.55 Å². The zero-order chi connectivity index (χ0) is 22.9. The number of ether oxygens (including phenoxy) is 5. The first kappa shape index (κ1) is 22.5. The number of fused-ring (bicyclic) bond motifs is 1. The first-order valence-electron chi connectivity index (χ1n) is 9.16. The number of guanidine groups is 1. The van der Waals surface area contributed by atoms with E-state index in [9.17, 15) is 19.5 Å². The number of nitrogens with two attached hydrogens (primary N) is 1. The van der Waals surface area contributed by atoms with Crippen molar-refractivity contribution in [2.75, 3.05) is 19.0 Å². The number of esters is 3. The molecule has 2 aliphatic heterocycles. The Morgan fingerprint density at radius 1 is 1.23 bits per heavy atom. The summed E-state index contributed by atoms with van der Waals surface area (Å²) in [5, 5.41) is 13.3. The van der Waals surface area contributed by atoms with E-state index >= 15 is 0 Å². The van der Waals surface area contributed by atoms with Gasteiger partial charge in [-0.15, -0.1) is 0 Å². The molecule has 3 rings (SSSR count). The van der Waals surface area contributed by atoms with Gasteiger partial charge >= 0.3 is 23.8 Å². The quantitative estimate of drug-likeness (QED) is 0.269. The van der Waals surface area contributed by atoms with Crippen molar-refractivity contribution >= 4 is 29.7 Å². The molecule has 1 unspecified atom stereocenters. The van der Waals surface area contributed by atoms with E-state index in [1.54, 1.807) is 0 Å². The van der Waals surface area contributed by atoms with Crippen molar-refractivity contribution < 1.29 is 43.2 Å². The van der Waals surface area contributed by atoms with Gasteiger partial charge in [0.25, 0.3) is 0 Å². The Labute approximate surface area is 176 Å². The summed E-state index contributed by atoms with van der Waals surface area (Å²) in [4.78, 5) is 42.6. The summed E-state index contributed by atoms with van der Waals surface area (Å²) in [6, 6.07) is 0. The Balaban J connectivity index is 2.02. The zero-order valence-electron chi connectivity index (χ0n) is 17.2. The second kappa shape index (κ2) is 8.49. The molecule has 2 aliphatic rings. The van der Waals surface area contributed by atoms with Crippen molar-refractivity contribution in [2.24, 2.45) is 10.7 Å². The smallest absolute Gasteiger partial charge is 0.319 e.